The van der Waals surface area contributed by atoms with Gasteiger partial charge in [0.1, 0.15) is 0 Å². The molecule has 0 heterocycles. The van der Waals surface area contributed by atoms with E-state index in [1.54, 1.807) is 24.3 Å². The number of nitrogens with two attached hydrogens (primary N) is 1. The van der Waals surface area contributed by atoms with Crippen molar-refractivity contribution in [1.29, 1.82) is 0 Å². The molecule has 0 fully saturated rings. The number of hydrogen-bond acceptors (Lipinski definition) is 3. The fourth-order valence-electron chi connectivity index (χ4n) is 1.64. The zero-order valence-electron chi connectivity index (χ0n) is 11.1. The van der Waals surface area contributed by atoms with Crippen molar-refractivity contribution in [3.8, 4) is 0 Å². The quantitative estimate of drug-likeness (QED) is 0.746. The predicted octanol–water partition coefficient (Wildman–Crippen LogP) is 2.67. The van der Waals surface area contributed by atoms with Crippen LogP contribution < -0.4 is 16.4 Å². The second-order valence-corrected chi connectivity index (χ2v) is 5.30. The summed E-state index contributed by atoms with van der Waals surface area (Å²) in [7, 11) is 0. The van der Waals surface area contributed by atoms with Crippen LogP contribution in [0.15, 0.2) is 53.0 Å². The van der Waals surface area contributed by atoms with Crippen LogP contribution in [0.2, 0.25) is 0 Å². The molecule has 0 aliphatic rings. The fraction of sp³-hybridized carbons (Fsp3) is 0.0667. The highest BCUT2D eigenvalue weighted by molar-refractivity contribution is 9.10. The molecule has 0 spiro atoms. The molecule has 0 unspecified atom stereocenters. The molecule has 4 N–H and O–H groups in total. The molecule has 0 bridgehead atoms. The molecule has 0 aromatic heterocycles. The van der Waals surface area contributed by atoms with Gasteiger partial charge in [0.2, 0.25) is 0 Å². The molecule has 2 aromatic rings. The minimum atomic E-state index is -0.542. The smallest absolute Gasteiger partial charge is 0.321 e. The molecule has 0 radical (unpaired) electrons. The lowest BCUT2D eigenvalue weighted by atomic mass is 10.2. The third-order valence-electron chi connectivity index (χ3n) is 2.77. The summed E-state index contributed by atoms with van der Waals surface area (Å²) in [6, 6.07) is 13.3. The maximum absolute atomic E-state index is 11.8. The topological polar surface area (TPSA) is 84.2 Å². The Morgan fingerprint density at radius 3 is 2.24 bits per heavy atom. The number of rotatable bonds is 3. The molecule has 0 aliphatic heterocycles. The van der Waals surface area contributed by atoms with Crippen LogP contribution in [-0.4, -0.2) is 11.9 Å². The van der Waals surface area contributed by atoms with Crippen LogP contribution in [0.4, 0.5) is 10.5 Å². The van der Waals surface area contributed by atoms with Crippen LogP contribution in [-0.2, 0) is 6.54 Å². The van der Waals surface area contributed by atoms with Crippen LogP contribution in [0.5, 0.6) is 0 Å². The number of halogens is 1. The molecule has 108 valence electrons. The molecule has 21 heavy (non-hydrogen) atoms. The molecule has 0 atom stereocenters. The molecular weight excluding hydrogens is 334 g/mol. The van der Waals surface area contributed by atoms with Crippen molar-refractivity contribution in [1.82, 2.24) is 10.6 Å². The van der Waals surface area contributed by atoms with Crippen LogP contribution in [0.3, 0.4) is 0 Å². The first-order valence-electron chi connectivity index (χ1n) is 6.24. The Labute approximate surface area is 130 Å². The Hall–Kier alpha value is -2.34. The summed E-state index contributed by atoms with van der Waals surface area (Å²) < 4.78 is 0.967. The van der Waals surface area contributed by atoms with E-state index in [9.17, 15) is 9.59 Å². The maximum Gasteiger partial charge on any atom is 0.321 e. The van der Waals surface area contributed by atoms with Gasteiger partial charge in [0.15, 0.2) is 0 Å². The molecule has 0 saturated carbocycles. The zero-order valence-corrected chi connectivity index (χ0v) is 12.7. The SMILES string of the molecule is Nc1ccc(C(=O)NC(=O)NCc2ccc(Br)cc2)cc1. The first-order valence-corrected chi connectivity index (χ1v) is 7.03. The van der Waals surface area contributed by atoms with Crippen molar-refractivity contribution in [3.05, 3.63) is 64.1 Å². The second kappa shape index (κ2) is 6.90. The van der Waals surface area contributed by atoms with E-state index in [0.29, 0.717) is 17.8 Å². The standard InChI is InChI=1S/C15H14BrN3O2/c16-12-5-1-10(2-6-12)9-18-15(21)19-14(20)11-3-7-13(17)8-4-11/h1-8H,9,17H2,(H2,18,19,20,21). The highest BCUT2D eigenvalue weighted by atomic mass is 79.9. The average molecular weight is 348 g/mol. The van der Waals surface area contributed by atoms with Gasteiger partial charge >= 0.3 is 6.03 Å². The molecule has 5 nitrogen and oxygen atoms in total. The predicted molar refractivity (Wildman–Crippen MR) is 84.7 cm³/mol. The van der Waals surface area contributed by atoms with E-state index in [0.717, 1.165) is 10.0 Å². The lowest BCUT2D eigenvalue weighted by molar-refractivity contribution is 0.0964. The molecule has 6 heteroatoms. The van der Waals surface area contributed by atoms with E-state index in [2.05, 4.69) is 26.6 Å². The summed E-state index contributed by atoms with van der Waals surface area (Å²) in [5.41, 5.74) is 7.41. The van der Waals surface area contributed by atoms with Crippen molar-refractivity contribution >= 4 is 33.6 Å². The molecule has 0 aliphatic carbocycles. The maximum atomic E-state index is 11.8. The Balaban J connectivity index is 1.85. The number of nitrogen functional groups attached to an aromatic ring is 1. The summed E-state index contributed by atoms with van der Waals surface area (Å²) >= 11 is 3.34. The van der Waals surface area contributed by atoms with Crippen molar-refractivity contribution in [2.24, 2.45) is 0 Å². The van der Waals surface area contributed by atoms with Crippen LogP contribution in [0.25, 0.3) is 0 Å². The van der Waals surface area contributed by atoms with Gasteiger partial charge in [0, 0.05) is 22.3 Å². The van der Waals surface area contributed by atoms with Gasteiger partial charge < -0.3 is 11.1 Å². The largest absolute Gasteiger partial charge is 0.399 e. The highest BCUT2D eigenvalue weighted by Crippen LogP contribution is 2.10. The van der Waals surface area contributed by atoms with Crippen molar-refractivity contribution in [2.75, 3.05) is 5.73 Å². The monoisotopic (exact) mass is 347 g/mol. The number of nitrogens with one attached hydrogen (secondary N) is 2. The summed E-state index contributed by atoms with van der Waals surface area (Å²) in [5, 5.41) is 4.88. The third kappa shape index (κ3) is 4.61. The minimum absolute atomic E-state index is 0.341. The number of carbonyl (C=O) groups is 2. The summed E-state index contributed by atoms with van der Waals surface area (Å²) in [4.78, 5) is 23.5. The van der Waals surface area contributed by atoms with E-state index in [1.165, 1.54) is 0 Å². The molecular formula is C15H14BrN3O2. The molecule has 0 saturated heterocycles. The van der Waals surface area contributed by atoms with Gasteiger partial charge in [-0.15, -0.1) is 0 Å². The van der Waals surface area contributed by atoms with Gasteiger partial charge in [-0.1, -0.05) is 28.1 Å². The van der Waals surface area contributed by atoms with Gasteiger partial charge in [-0.05, 0) is 42.0 Å². The Morgan fingerprint density at radius 2 is 1.62 bits per heavy atom. The Bertz CT molecular complexity index is 639. The minimum Gasteiger partial charge on any atom is -0.399 e. The van der Waals surface area contributed by atoms with E-state index >= 15 is 0 Å². The number of imide groups is 1. The lowest BCUT2D eigenvalue weighted by Crippen LogP contribution is -2.39. The van der Waals surface area contributed by atoms with E-state index in [1.807, 2.05) is 24.3 Å². The second-order valence-electron chi connectivity index (χ2n) is 4.39. The summed E-state index contributed by atoms with van der Waals surface area (Å²) in [6.45, 7) is 0.341. The van der Waals surface area contributed by atoms with Crippen molar-refractivity contribution in [3.63, 3.8) is 0 Å². The van der Waals surface area contributed by atoms with Gasteiger partial charge in [-0.2, -0.15) is 0 Å². The first kappa shape index (κ1) is 15.1. The number of hydrogen-bond donors (Lipinski definition) is 3. The van der Waals surface area contributed by atoms with Gasteiger partial charge in [0.25, 0.3) is 5.91 Å². The van der Waals surface area contributed by atoms with E-state index in [4.69, 9.17) is 5.73 Å². The zero-order chi connectivity index (χ0) is 15.2. The summed E-state index contributed by atoms with van der Waals surface area (Å²) in [5.74, 6) is -0.469. The average Bonchev–Trinajstić information content (AvgIpc) is 2.47. The first-order chi connectivity index (χ1) is 10.0. The van der Waals surface area contributed by atoms with E-state index < -0.39 is 11.9 Å². The Kier molecular flexibility index (Phi) is 4.94. The molecule has 2 rings (SSSR count). The van der Waals surface area contributed by atoms with Gasteiger partial charge in [-0.25, -0.2) is 4.79 Å². The molecule has 2 aromatic carbocycles. The van der Waals surface area contributed by atoms with Crippen molar-refractivity contribution in [2.45, 2.75) is 6.54 Å². The number of carbonyl (C=O) groups excluding carboxylic acids is 2. The third-order valence-corrected chi connectivity index (χ3v) is 3.29. The number of anilines is 1. The fourth-order valence-corrected chi connectivity index (χ4v) is 1.90. The highest BCUT2D eigenvalue weighted by Gasteiger charge is 2.09. The van der Waals surface area contributed by atoms with Crippen LogP contribution >= 0.6 is 15.9 Å². The van der Waals surface area contributed by atoms with Crippen molar-refractivity contribution < 1.29 is 9.59 Å². The van der Waals surface area contributed by atoms with Gasteiger partial charge in [-0.3, -0.25) is 10.1 Å². The number of urea groups is 1. The normalized spacial score (nSPS) is 9.95. The number of benzene rings is 2. The summed E-state index contributed by atoms with van der Waals surface area (Å²) in [6.07, 6.45) is 0. The van der Waals surface area contributed by atoms with Crippen LogP contribution in [0.1, 0.15) is 15.9 Å². The molecule has 3 amide bonds. The van der Waals surface area contributed by atoms with Gasteiger partial charge in [0.05, 0.1) is 0 Å². The lowest BCUT2D eigenvalue weighted by Gasteiger charge is -2.07. The van der Waals surface area contributed by atoms with E-state index in [-0.39, 0.29) is 0 Å². The Morgan fingerprint density at radius 1 is 1.00 bits per heavy atom. The number of amides is 3. The van der Waals surface area contributed by atoms with Crippen LogP contribution in [0, 0.1) is 0 Å².